The Labute approximate surface area is 163 Å². The van der Waals surface area contributed by atoms with Crippen molar-refractivity contribution in [2.45, 2.75) is 20.5 Å². The van der Waals surface area contributed by atoms with Gasteiger partial charge in [-0.3, -0.25) is 0 Å². The molecule has 4 rings (SSSR count). The van der Waals surface area contributed by atoms with E-state index in [4.69, 9.17) is 18.9 Å². The Morgan fingerprint density at radius 3 is 2.14 bits per heavy atom. The molecule has 0 amide bonds. The van der Waals surface area contributed by atoms with Crippen molar-refractivity contribution >= 4 is 16.7 Å². The van der Waals surface area contributed by atoms with E-state index < -0.39 is 0 Å². The standard InChI is InChI=1S/C23H22O5/c1-12-8-15-16(9-13(12)2)22(27-5)17-11-28-23(24)21(17)20(15)14-6-7-18(25-3)19(10-14)26-4/h6-10H,11H2,1-5H3. The zero-order chi connectivity index (χ0) is 20.0. The molecule has 0 saturated carbocycles. The lowest BCUT2D eigenvalue weighted by molar-refractivity contribution is 0.0535. The highest BCUT2D eigenvalue weighted by Crippen LogP contribution is 2.46. The highest BCUT2D eigenvalue weighted by molar-refractivity contribution is 6.13. The van der Waals surface area contributed by atoms with Gasteiger partial charge in [0.05, 0.1) is 26.9 Å². The van der Waals surface area contributed by atoms with Gasteiger partial charge in [-0.25, -0.2) is 4.79 Å². The number of hydrogen-bond donors (Lipinski definition) is 0. The maximum atomic E-state index is 12.7. The Kier molecular flexibility index (Phi) is 4.38. The molecule has 0 unspecified atom stereocenters. The van der Waals surface area contributed by atoms with E-state index in [9.17, 15) is 4.79 Å². The number of rotatable bonds is 4. The molecule has 5 nitrogen and oxygen atoms in total. The summed E-state index contributed by atoms with van der Waals surface area (Å²) in [5.41, 5.74) is 5.34. The normalized spacial score (nSPS) is 12.7. The molecule has 0 aromatic heterocycles. The first-order valence-electron chi connectivity index (χ1n) is 9.03. The fourth-order valence-corrected chi connectivity index (χ4v) is 3.87. The molecule has 1 aliphatic rings. The van der Waals surface area contributed by atoms with E-state index in [2.05, 4.69) is 26.0 Å². The predicted molar refractivity (Wildman–Crippen MR) is 108 cm³/mol. The van der Waals surface area contributed by atoms with Crippen molar-refractivity contribution < 1.29 is 23.7 Å². The quantitative estimate of drug-likeness (QED) is 0.609. The van der Waals surface area contributed by atoms with Crippen LogP contribution in [0.5, 0.6) is 17.2 Å². The molecule has 1 heterocycles. The second kappa shape index (κ2) is 6.75. The number of methoxy groups -OCH3 is 3. The fraction of sp³-hybridized carbons (Fsp3) is 0.261. The lowest BCUT2D eigenvalue weighted by Gasteiger charge is -2.18. The summed E-state index contributed by atoms with van der Waals surface area (Å²) in [4.78, 5) is 12.7. The van der Waals surface area contributed by atoms with Crippen molar-refractivity contribution in [3.63, 3.8) is 0 Å². The molecule has 0 N–H and O–H groups in total. The van der Waals surface area contributed by atoms with Gasteiger partial charge in [0.2, 0.25) is 0 Å². The summed E-state index contributed by atoms with van der Waals surface area (Å²) in [6.07, 6.45) is 0. The summed E-state index contributed by atoms with van der Waals surface area (Å²) in [6, 6.07) is 9.88. The number of cyclic esters (lactones) is 1. The highest BCUT2D eigenvalue weighted by atomic mass is 16.5. The third-order valence-corrected chi connectivity index (χ3v) is 5.40. The average molecular weight is 378 g/mol. The Bertz CT molecular complexity index is 1110. The fourth-order valence-electron chi connectivity index (χ4n) is 3.87. The number of hydrogen-bond acceptors (Lipinski definition) is 5. The minimum absolute atomic E-state index is 0.209. The summed E-state index contributed by atoms with van der Waals surface area (Å²) >= 11 is 0. The van der Waals surface area contributed by atoms with E-state index >= 15 is 0 Å². The van der Waals surface area contributed by atoms with E-state index in [-0.39, 0.29) is 12.6 Å². The van der Waals surface area contributed by atoms with Crippen LogP contribution in [0, 0.1) is 13.8 Å². The Morgan fingerprint density at radius 1 is 0.821 bits per heavy atom. The maximum Gasteiger partial charge on any atom is 0.339 e. The monoisotopic (exact) mass is 378 g/mol. The van der Waals surface area contributed by atoms with Crippen molar-refractivity contribution in [3.05, 3.63) is 52.6 Å². The van der Waals surface area contributed by atoms with Crippen LogP contribution in [0.15, 0.2) is 30.3 Å². The number of ether oxygens (including phenoxy) is 4. The molecule has 0 saturated heterocycles. The molecule has 0 fully saturated rings. The lowest BCUT2D eigenvalue weighted by Crippen LogP contribution is -2.02. The first kappa shape index (κ1) is 18.2. The van der Waals surface area contributed by atoms with Crippen molar-refractivity contribution in [2.75, 3.05) is 21.3 Å². The molecular weight excluding hydrogens is 356 g/mol. The van der Waals surface area contributed by atoms with Gasteiger partial charge in [-0.15, -0.1) is 0 Å². The van der Waals surface area contributed by atoms with Gasteiger partial charge in [-0.05, 0) is 54.1 Å². The van der Waals surface area contributed by atoms with Gasteiger partial charge in [-0.1, -0.05) is 12.1 Å². The number of carbonyl (C=O) groups is 1. The number of esters is 1. The van der Waals surface area contributed by atoms with Crippen molar-refractivity contribution in [1.82, 2.24) is 0 Å². The molecular formula is C23H22O5. The predicted octanol–water partition coefficient (Wildman–Crippen LogP) is 4.82. The van der Waals surface area contributed by atoms with Gasteiger partial charge in [0, 0.05) is 16.5 Å². The van der Waals surface area contributed by atoms with Gasteiger partial charge >= 0.3 is 5.97 Å². The van der Waals surface area contributed by atoms with Crippen LogP contribution in [0.3, 0.4) is 0 Å². The SMILES string of the molecule is COc1ccc(-c2c3c(c(OC)c4cc(C)c(C)cc24)COC3=O)cc1OC. The zero-order valence-electron chi connectivity index (χ0n) is 16.6. The van der Waals surface area contributed by atoms with E-state index in [1.165, 1.54) is 0 Å². The first-order chi connectivity index (χ1) is 13.5. The minimum Gasteiger partial charge on any atom is -0.496 e. The van der Waals surface area contributed by atoms with Gasteiger partial charge in [0.25, 0.3) is 0 Å². The molecule has 28 heavy (non-hydrogen) atoms. The third kappa shape index (κ3) is 2.58. The summed E-state index contributed by atoms with van der Waals surface area (Å²) < 4.78 is 21.9. The van der Waals surface area contributed by atoms with Crippen LogP contribution in [0.25, 0.3) is 21.9 Å². The van der Waals surface area contributed by atoms with Gasteiger partial charge in [-0.2, -0.15) is 0 Å². The molecule has 3 aromatic carbocycles. The van der Waals surface area contributed by atoms with Crippen LogP contribution >= 0.6 is 0 Å². The van der Waals surface area contributed by atoms with Gasteiger partial charge in [0.1, 0.15) is 12.4 Å². The number of aryl methyl sites for hydroxylation is 2. The van der Waals surface area contributed by atoms with Crippen molar-refractivity contribution in [2.24, 2.45) is 0 Å². The van der Waals surface area contributed by atoms with E-state index in [0.29, 0.717) is 22.8 Å². The van der Waals surface area contributed by atoms with Crippen LogP contribution in [-0.4, -0.2) is 27.3 Å². The number of benzene rings is 3. The first-order valence-corrected chi connectivity index (χ1v) is 9.03. The molecule has 0 spiro atoms. The number of carbonyl (C=O) groups excluding carboxylic acids is 1. The summed E-state index contributed by atoms with van der Waals surface area (Å²) in [5, 5.41) is 1.91. The van der Waals surface area contributed by atoms with Crippen LogP contribution in [-0.2, 0) is 11.3 Å². The third-order valence-electron chi connectivity index (χ3n) is 5.40. The van der Waals surface area contributed by atoms with Gasteiger partial charge < -0.3 is 18.9 Å². The molecule has 0 bridgehead atoms. The van der Waals surface area contributed by atoms with Crippen LogP contribution in [0.2, 0.25) is 0 Å². The summed E-state index contributed by atoms with van der Waals surface area (Å²) in [7, 11) is 4.82. The van der Waals surface area contributed by atoms with E-state index in [0.717, 1.165) is 38.6 Å². The maximum absolute atomic E-state index is 12.7. The van der Waals surface area contributed by atoms with E-state index in [1.807, 2.05) is 18.2 Å². The second-order valence-electron chi connectivity index (χ2n) is 6.89. The molecule has 144 valence electrons. The minimum atomic E-state index is -0.335. The topological polar surface area (TPSA) is 54.0 Å². The largest absolute Gasteiger partial charge is 0.496 e. The van der Waals surface area contributed by atoms with Crippen molar-refractivity contribution in [1.29, 1.82) is 0 Å². The Hall–Kier alpha value is -3.21. The van der Waals surface area contributed by atoms with E-state index in [1.54, 1.807) is 21.3 Å². The summed E-state index contributed by atoms with van der Waals surface area (Å²) in [5.74, 6) is 1.60. The van der Waals surface area contributed by atoms with Crippen LogP contribution < -0.4 is 14.2 Å². The van der Waals surface area contributed by atoms with Gasteiger partial charge in [0.15, 0.2) is 11.5 Å². The summed E-state index contributed by atoms with van der Waals surface area (Å²) in [6.45, 7) is 4.34. The smallest absolute Gasteiger partial charge is 0.339 e. The lowest BCUT2D eigenvalue weighted by atomic mass is 9.88. The Balaban J connectivity index is 2.15. The highest BCUT2D eigenvalue weighted by Gasteiger charge is 2.32. The molecule has 0 radical (unpaired) electrons. The Morgan fingerprint density at radius 2 is 1.50 bits per heavy atom. The van der Waals surface area contributed by atoms with Crippen LogP contribution in [0.1, 0.15) is 27.0 Å². The van der Waals surface area contributed by atoms with Crippen LogP contribution in [0.4, 0.5) is 0 Å². The molecule has 5 heteroatoms. The molecule has 3 aromatic rings. The molecule has 1 aliphatic heterocycles. The van der Waals surface area contributed by atoms with Crippen molar-refractivity contribution in [3.8, 4) is 28.4 Å². The molecule has 0 aliphatic carbocycles. The zero-order valence-corrected chi connectivity index (χ0v) is 16.6. The average Bonchev–Trinajstić information content (AvgIpc) is 3.08. The second-order valence-corrected chi connectivity index (χ2v) is 6.89. The molecule has 0 atom stereocenters. The number of fused-ring (bicyclic) bond motifs is 2.